The number of para-hydroxylation sites is 2. The molecule has 0 unspecified atom stereocenters. The second-order valence-corrected chi connectivity index (χ2v) is 6.50. The highest BCUT2D eigenvalue weighted by Crippen LogP contribution is 2.21. The van der Waals surface area contributed by atoms with Crippen LogP contribution in [-0.4, -0.2) is 52.5 Å². The van der Waals surface area contributed by atoms with Gasteiger partial charge in [-0.15, -0.1) is 0 Å². The minimum atomic E-state index is -0.177. The first kappa shape index (κ1) is 17.7. The van der Waals surface area contributed by atoms with Crippen LogP contribution in [0.15, 0.2) is 24.3 Å². The number of aromatic amines is 1. The second-order valence-electron chi connectivity index (χ2n) is 6.50. The Labute approximate surface area is 156 Å². The van der Waals surface area contributed by atoms with Crippen LogP contribution in [0.1, 0.15) is 27.6 Å². The minimum Gasteiger partial charge on any atom is -0.383 e. The van der Waals surface area contributed by atoms with Gasteiger partial charge in [0.15, 0.2) is 5.69 Å². The van der Waals surface area contributed by atoms with Crippen LogP contribution in [0.4, 0.5) is 0 Å². The summed E-state index contributed by atoms with van der Waals surface area (Å²) in [6.45, 7) is 2.75. The fourth-order valence-corrected chi connectivity index (χ4v) is 3.36. The van der Waals surface area contributed by atoms with E-state index in [4.69, 9.17) is 9.47 Å². The van der Waals surface area contributed by atoms with E-state index in [1.165, 1.54) is 0 Å². The summed E-state index contributed by atoms with van der Waals surface area (Å²) >= 11 is 0. The van der Waals surface area contributed by atoms with Gasteiger partial charge in [-0.25, -0.2) is 4.98 Å². The quantitative estimate of drug-likeness (QED) is 0.657. The summed E-state index contributed by atoms with van der Waals surface area (Å²) in [7, 11) is 1.66. The molecule has 0 aliphatic carbocycles. The van der Waals surface area contributed by atoms with Gasteiger partial charge in [0.25, 0.3) is 5.91 Å². The fraction of sp³-hybridized carbons (Fsp3) is 0.421. The Hall–Kier alpha value is -2.71. The first-order valence-corrected chi connectivity index (χ1v) is 9.13. The SMILES string of the molecule is COCCn1nc(C(=O)NCCc2nc3ccccc3[nH]2)c2c1CCOC2. The van der Waals surface area contributed by atoms with Crippen molar-refractivity contribution in [2.75, 3.05) is 26.9 Å². The summed E-state index contributed by atoms with van der Waals surface area (Å²) < 4.78 is 12.5. The number of carbonyl (C=O) groups is 1. The Morgan fingerprint density at radius 2 is 2.30 bits per heavy atom. The molecule has 0 spiro atoms. The second kappa shape index (κ2) is 7.89. The molecule has 1 amide bonds. The normalized spacial score (nSPS) is 13.7. The van der Waals surface area contributed by atoms with E-state index in [1.807, 2.05) is 28.9 Å². The van der Waals surface area contributed by atoms with Crippen LogP contribution in [0, 0.1) is 0 Å². The number of H-pyrrole nitrogens is 1. The topological polar surface area (TPSA) is 94.1 Å². The van der Waals surface area contributed by atoms with Crippen molar-refractivity contribution < 1.29 is 14.3 Å². The van der Waals surface area contributed by atoms with Gasteiger partial charge in [-0.3, -0.25) is 9.48 Å². The standard InChI is InChI=1S/C19H23N5O3/c1-26-11-9-24-16-7-10-27-12-13(16)18(23-24)19(25)20-8-6-17-21-14-4-2-3-5-15(14)22-17/h2-5H,6-12H2,1H3,(H,20,25)(H,21,22). The van der Waals surface area contributed by atoms with Gasteiger partial charge >= 0.3 is 0 Å². The highest BCUT2D eigenvalue weighted by Gasteiger charge is 2.25. The van der Waals surface area contributed by atoms with Crippen LogP contribution in [0.25, 0.3) is 11.0 Å². The molecule has 27 heavy (non-hydrogen) atoms. The van der Waals surface area contributed by atoms with E-state index in [0.717, 1.165) is 34.5 Å². The molecule has 2 aromatic heterocycles. The number of hydrogen-bond donors (Lipinski definition) is 2. The van der Waals surface area contributed by atoms with Gasteiger partial charge in [-0.1, -0.05) is 12.1 Å². The van der Waals surface area contributed by atoms with Crippen molar-refractivity contribution in [2.45, 2.75) is 26.0 Å². The van der Waals surface area contributed by atoms with Crippen molar-refractivity contribution in [1.82, 2.24) is 25.1 Å². The Bertz CT molecular complexity index is 913. The van der Waals surface area contributed by atoms with Crippen molar-refractivity contribution in [1.29, 1.82) is 0 Å². The van der Waals surface area contributed by atoms with Gasteiger partial charge in [-0.05, 0) is 12.1 Å². The van der Waals surface area contributed by atoms with Crippen LogP contribution in [0.3, 0.4) is 0 Å². The number of rotatable bonds is 7. The zero-order chi connectivity index (χ0) is 18.6. The third kappa shape index (κ3) is 3.72. The summed E-state index contributed by atoms with van der Waals surface area (Å²) in [6.07, 6.45) is 1.39. The van der Waals surface area contributed by atoms with Crippen molar-refractivity contribution >= 4 is 16.9 Å². The number of ether oxygens (including phenoxy) is 2. The minimum absolute atomic E-state index is 0.177. The van der Waals surface area contributed by atoms with Crippen LogP contribution < -0.4 is 5.32 Å². The molecule has 2 N–H and O–H groups in total. The van der Waals surface area contributed by atoms with Crippen LogP contribution >= 0.6 is 0 Å². The van der Waals surface area contributed by atoms with Crippen molar-refractivity contribution in [3.05, 3.63) is 47.0 Å². The van der Waals surface area contributed by atoms with E-state index < -0.39 is 0 Å². The molecule has 0 radical (unpaired) electrons. The number of benzene rings is 1. The fourth-order valence-electron chi connectivity index (χ4n) is 3.36. The van der Waals surface area contributed by atoms with Gasteiger partial charge in [0.1, 0.15) is 5.82 Å². The number of imidazole rings is 1. The zero-order valence-electron chi connectivity index (χ0n) is 15.3. The molecule has 3 heterocycles. The lowest BCUT2D eigenvalue weighted by Crippen LogP contribution is -2.27. The van der Waals surface area contributed by atoms with E-state index in [2.05, 4.69) is 20.4 Å². The van der Waals surface area contributed by atoms with E-state index in [-0.39, 0.29) is 5.91 Å². The molecular formula is C19H23N5O3. The van der Waals surface area contributed by atoms with Crippen LogP contribution in [0.2, 0.25) is 0 Å². The van der Waals surface area contributed by atoms with Gasteiger partial charge in [0.05, 0.1) is 37.4 Å². The molecule has 0 saturated heterocycles. The maximum atomic E-state index is 12.7. The number of hydrogen-bond acceptors (Lipinski definition) is 5. The van der Waals surface area contributed by atoms with Crippen molar-refractivity contribution in [3.63, 3.8) is 0 Å². The Balaban J connectivity index is 1.42. The number of amides is 1. The predicted molar refractivity (Wildman–Crippen MR) is 99.6 cm³/mol. The Morgan fingerprint density at radius 1 is 1.41 bits per heavy atom. The maximum Gasteiger partial charge on any atom is 0.272 e. The van der Waals surface area contributed by atoms with E-state index in [1.54, 1.807) is 7.11 Å². The maximum absolute atomic E-state index is 12.7. The zero-order valence-corrected chi connectivity index (χ0v) is 15.3. The molecule has 0 atom stereocenters. The molecule has 0 saturated carbocycles. The van der Waals surface area contributed by atoms with E-state index in [0.29, 0.717) is 45.0 Å². The number of nitrogens with one attached hydrogen (secondary N) is 2. The number of nitrogens with zero attached hydrogens (tertiary/aromatic N) is 3. The van der Waals surface area contributed by atoms with Crippen molar-refractivity contribution in [3.8, 4) is 0 Å². The summed E-state index contributed by atoms with van der Waals surface area (Å²) in [5.74, 6) is 0.677. The third-order valence-corrected chi connectivity index (χ3v) is 4.70. The molecule has 3 aromatic rings. The molecule has 1 aromatic carbocycles. The molecule has 1 aliphatic heterocycles. The highest BCUT2D eigenvalue weighted by molar-refractivity contribution is 5.94. The highest BCUT2D eigenvalue weighted by atomic mass is 16.5. The molecule has 8 heteroatoms. The monoisotopic (exact) mass is 369 g/mol. The summed E-state index contributed by atoms with van der Waals surface area (Å²) in [6, 6.07) is 7.88. The number of fused-ring (bicyclic) bond motifs is 2. The lowest BCUT2D eigenvalue weighted by molar-refractivity contribution is 0.0925. The number of carbonyl (C=O) groups excluding carboxylic acids is 1. The molecule has 0 bridgehead atoms. The molecule has 8 nitrogen and oxygen atoms in total. The van der Waals surface area contributed by atoms with Gasteiger partial charge in [-0.2, -0.15) is 5.10 Å². The van der Waals surface area contributed by atoms with Gasteiger partial charge in [0, 0.05) is 37.8 Å². The lowest BCUT2D eigenvalue weighted by atomic mass is 10.1. The molecule has 142 valence electrons. The van der Waals surface area contributed by atoms with Gasteiger partial charge < -0.3 is 19.8 Å². The molecular weight excluding hydrogens is 346 g/mol. The van der Waals surface area contributed by atoms with Crippen LogP contribution in [0.5, 0.6) is 0 Å². The average molecular weight is 369 g/mol. The Morgan fingerprint density at radius 3 is 3.15 bits per heavy atom. The smallest absolute Gasteiger partial charge is 0.272 e. The van der Waals surface area contributed by atoms with Crippen LogP contribution in [-0.2, 0) is 35.5 Å². The first-order valence-electron chi connectivity index (χ1n) is 9.13. The Kier molecular flexibility index (Phi) is 5.17. The summed E-state index contributed by atoms with van der Waals surface area (Å²) in [5.41, 5.74) is 4.34. The third-order valence-electron chi connectivity index (χ3n) is 4.70. The number of methoxy groups -OCH3 is 1. The summed E-state index contributed by atoms with van der Waals surface area (Å²) in [5, 5.41) is 7.46. The predicted octanol–water partition coefficient (Wildman–Crippen LogP) is 1.45. The first-order chi connectivity index (χ1) is 13.3. The molecule has 4 rings (SSSR count). The van der Waals surface area contributed by atoms with Gasteiger partial charge in [0.2, 0.25) is 0 Å². The van der Waals surface area contributed by atoms with E-state index >= 15 is 0 Å². The molecule has 0 fully saturated rings. The molecule has 1 aliphatic rings. The largest absolute Gasteiger partial charge is 0.383 e. The number of aromatic nitrogens is 4. The lowest BCUT2D eigenvalue weighted by Gasteiger charge is -2.14. The van der Waals surface area contributed by atoms with Crippen molar-refractivity contribution in [2.24, 2.45) is 0 Å². The van der Waals surface area contributed by atoms with E-state index in [9.17, 15) is 4.79 Å². The summed E-state index contributed by atoms with van der Waals surface area (Å²) in [4.78, 5) is 20.5. The average Bonchev–Trinajstić information content (AvgIpc) is 3.27.